The molecule has 0 bridgehead atoms. The Hall–Kier alpha value is -0.710. The molecule has 0 aliphatic rings. The highest BCUT2D eigenvalue weighted by molar-refractivity contribution is 9.10. The van der Waals surface area contributed by atoms with Crippen LogP contribution in [0.2, 0.25) is 0 Å². The summed E-state index contributed by atoms with van der Waals surface area (Å²) in [7, 11) is 0. The van der Waals surface area contributed by atoms with Crippen molar-refractivity contribution in [2.75, 3.05) is 0 Å². The fourth-order valence-electron chi connectivity index (χ4n) is 1.80. The van der Waals surface area contributed by atoms with E-state index in [0.29, 0.717) is 0 Å². The zero-order valence-electron chi connectivity index (χ0n) is 9.63. The van der Waals surface area contributed by atoms with E-state index in [0.717, 1.165) is 20.5 Å². The Kier molecular flexibility index (Phi) is 3.66. The summed E-state index contributed by atoms with van der Waals surface area (Å²) in [5, 5.41) is 0. The van der Waals surface area contributed by atoms with Gasteiger partial charge in [0.1, 0.15) is 5.82 Å². The summed E-state index contributed by atoms with van der Waals surface area (Å²) in [5.74, 6) is -0.245. The molecule has 0 saturated carbocycles. The predicted octanol–water partition coefficient (Wildman–Crippen LogP) is 4.31. The first kappa shape index (κ1) is 12.7. The fraction of sp³-hybridized carbons (Fsp3) is 0.231. The number of benzene rings is 1. The van der Waals surface area contributed by atoms with Gasteiger partial charge in [0.15, 0.2) is 0 Å². The van der Waals surface area contributed by atoms with E-state index in [4.69, 9.17) is 5.73 Å². The smallest absolute Gasteiger partial charge is 0.123 e. The maximum atomic E-state index is 13.3. The van der Waals surface area contributed by atoms with E-state index in [-0.39, 0.29) is 11.9 Å². The third-order valence-electron chi connectivity index (χ3n) is 2.70. The van der Waals surface area contributed by atoms with Crippen molar-refractivity contribution < 1.29 is 4.39 Å². The molecular weight excluding hydrogens is 301 g/mol. The first-order chi connectivity index (χ1) is 7.99. The summed E-state index contributed by atoms with van der Waals surface area (Å²) in [5.41, 5.74) is 8.07. The summed E-state index contributed by atoms with van der Waals surface area (Å²) in [4.78, 5) is 2.23. The molecule has 1 aromatic carbocycles. The van der Waals surface area contributed by atoms with Crippen LogP contribution in [0.3, 0.4) is 0 Å². The van der Waals surface area contributed by atoms with Crippen LogP contribution >= 0.6 is 27.3 Å². The molecule has 0 aliphatic heterocycles. The van der Waals surface area contributed by atoms with Gasteiger partial charge in [-0.3, -0.25) is 0 Å². The van der Waals surface area contributed by atoms with Crippen molar-refractivity contribution in [2.24, 2.45) is 5.73 Å². The number of thiophene rings is 1. The molecule has 1 aromatic heterocycles. The van der Waals surface area contributed by atoms with Gasteiger partial charge in [-0.05, 0) is 59.1 Å². The molecule has 1 heterocycles. The fourth-order valence-corrected chi connectivity index (χ4v) is 3.72. The third kappa shape index (κ3) is 2.59. The quantitative estimate of drug-likeness (QED) is 0.878. The maximum absolute atomic E-state index is 13.3. The molecule has 0 spiro atoms. The number of aryl methyl sites for hydroxylation is 2. The summed E-state index contributed by atoms with van der Waals surface area (Å²) in [6, 6.07) is 6.49. The molecule has 0 radical (unpaired) electrons. The maximum Gasteiger partial charge on any atom is 0.123 e. The topological polar surface area (TPSA) is 26.0 Å². The Morgan fingerprint density at radius 1 is 1.29 bits per heavy atom. The minimum atomic E-state index is -0.279. The highest BCUT2D eigenvalue weighted by Crippen LogP contribution is 2.35. The molecule has 0 fully saturated rings. The van der Waals surface area contributed by atoms with Crippen molar-refractivity contribution in [3.63, 3.8) is 0 Å². The van der Waals surface area contributed by atoms with Gasteiger partial charge in [-0.25, -0.2) is 4.39 Å². The van der Waals surface area contributed by atoms with Crippen molar-refractivity contribution in [3.05, 3.63) is 55.4 Å². The second kappa shape index (κ2) is 4.88. The Morgan fingerprint density at radius 3 is 2.59 bits per heavy atom. The second-order valence-electron chi connectivity index (χ2n) is 4.05. The third-order valence-corrected chi connectivity index (χ3v) is 4.75. The Morgan fingerprint density at radius 2 is 2.00 bits per heavy atom. The summed E-state index contributed by atoms with van der Waals surface area (Å²) >= 11 is 5.13. The average Bonchev–Trinajstić information content (AvgIpc) is 2.60. The molecule has 4 heteroatoms. The van der Waals surface area contributed by atoms with Crippen LogP contribution in [0.4, 0.5) is 4.39 Å². The van der Waals surface area contributed by atoms with Crippen LogP contribution in [0.1, 0.15) is 26.9 Å². The van der Waals surface area contributed by atoms with Crippen molar-refractivity contribution in [1.82, 2.24) is 0 Å². The lowest BCUT2D eigenvalue weighted by Gasteiger charge is -2.14. The number of halogens is 2. The standard InChI is InChI=1S/C13H13BrFNS/c1-7-3-4-9(15)6-10(7)12(16)13-11(14)5-8(2)17-13/h3-6,12H,16H2,1-2H3. The van der Waals surface area contributed by atoms with Crippen LogP contribution < -0.4 is 5.73 Å². The lowest BCUT2D eigenvalue weighted by Crippen LogP contribution is -2.12. The number of nitrogens with two attached hydrogens (primary N) is 1. The molecule has 0 saturated heterocycles. The van der Waals surface area contributed by atoms with Gasteiger partial charge in [0.05, 0.1) is 6.04 Å². The van der Waals surface area contributed by atoms with Gasteiger partial charge in [-0.15, -0.1) is 11.3 Å². The highest BCUT2D eigenvalue weighted by Gasteiger charge is 2.17. The molecule has 90 valence electrons. The van der Waals surface area contributed by atoms with Crippen molar-refractivity contribution in [3.8, 4) is 0 Å². The van der Waals surface area contributed by atoms with Crippen molar-refractivity contribution >= 4 is 27.3 Å². The van der Waals surface area contributed by atoms with Crippen LogP contribution in [-0.2, 0) is 0 Å². The van der Waals surface area contributed by atoms with E-state index in [1.165, 1.54) is 17.0 Å². The summed E-state index contributed by atoms with van der Waals surface area (Å²) < 4.78 is 14.3. The normalized spacial score (nSPS) is 12.8. The van der Waals surface area contributed by atoms with Crippen LogP contribution in [0, 0.1) is 19.7 Å². The SMILES string of the molecule is Cc1cc(Br)c(C(N)c2cc(F)ccc2C)s1. The van der Waals surface area contributed by atoms with E-state index in [1.807, 2.05) is 19.9 Å². The Bertz CT molecular complexity index is 550. The van der Waals surface area contributed by atoms with E-state index < -0.39 is 0 Å². The van der Waals surface area contributed by atoms with Gasteiger partial charge in [0.2, 0.25) is 0 Å². The zero-order chi connectivity index (χ0) is 12.6. The van der Waals surface area contributed by atoms with Gasteiger partial charge in [-0.2, -0.15) is 0 Å². The molecular formula is C13H13BrFNS. The molecule has 1 unspecified atom stereocenters. The summed E-state index contributed by atoms with van der Waals surface area (Å²) in [6.45, 7) is 3.98. The minimum absolute atomic E-state index is 0.245. The van der Waals surface area contributed by atoms with Crippen LogP contribution in [0.25, 0.3) is 0 Å². The lowest BCUT2D eigenvalue weighted by molar-refractivity contribution is 0.623. The van der Waals surface area contributed by atoms with Gasteiger partial charge < -0.3 is 5.73 Å². The van der Waals surface area contributed by atoms with Crippen LogP contribution in [0.15, 0.2) is 28.7 Å². The van der Waals surface area contributed by atoms with Gasteiger partial charge >= 0.3 is 0 Å². The van der Waals surface area contributed by atoms with Crippen molar-refractivity contribution in [2.45, 2.75) is 19.9 Å². The molecule has 2 aromatic rings. The monoisotopic (exact) mass is 313 g/mol. The van der Waals surface area contributed by atoms with Crippen molar-refractivity contribution in [1.29, 1.82) is 0 Å². The van der Waals surface area contributed by atoms with Crippen LogP contribution in [0.5, 0.6) is 0 Å². The number of hydrogen-bond acceptors (Lipinski definition) is 2. The largest absolute Gasteiger partial charge is 0.320 e. The Balaban J connectivity index is 2.46. The molecule has 17 heavy (non-hydrogen) atoms. The zero-order valence-corrected chi connectivity index (χ0v) is 12.0. The molecule has 1 atom stereocenters. The highest BCUT2D eigenvalue weighted by atomic mass is 79.9. The second-order valence-corrected chi connectivity index (χ2v) is 6.19. The molecule has 1 nitrogen and oxygen atoms in total. The van der Waals surface area contributed by atoms with Gasteiger partial charge in [-0.1, -0.05) is 6.07 Å². The summed E-state index contributed by atoms with van der Waals surface area (Å²) in [6.07, 6.45) is 0. The molecule has 2 N–H and O–H groups in total. The first-order valence-electron chi connectivity index (χ1n) is 5.26. The average molecular weight is 314 g/mol. The molecule has 0 amide bonds. The van der Waals surface area contributed by atoms with E-state index in [9.17, 15) is 4.39 Å². The van der Waals surface area contributed by atoms with Crippen LogP contribution in [-0.4, -0.2) is 0 Å². The lowest BCUT2D eigenvalue weighted by atomic mass is 10.0. The van der Waals surface area contributed by atoms with E-state index >= 15 is 0 Å². The molecule has 0 aliphatic carbocycles. The van der Waals surface area contributed by atoms with Gasteiger partial charge in [0.25, 0.3) is 0 Å². The van der Waals surface area contributed by atoms with E-state index in [1.54, 1.807) is 17.4 Å². The van der Waals surface area contributed by atoms with E-state index in [2.05, 4.69) is 15.9 Å². The predicted molar refractivity (Wildman–Crippen MR) is 73.9 cm³/mol. The number of rotatable bonds is 2. The Labute approximate surface area is 113 Å². The first-order valence-corrected chi connectivity index (χ1v) is 6.87. The van der Waals surface area contributed by atoms with Gasteiger partial charge in [0, 0.05) is 14.2 Å². The minimum Gasteiger partial charge on any atom is -0.320 e. The number of hydrogen-bond donors (Lipinski definition) is 1. The molecule has 2 rings (SSSR count).